The highest BCUT2D eigenvalue weighted by Gasteiger charge is 2.26. The Morgan fingerprint density at radius 2 is 1.88 bits per heavy atom. The maximum atomic E-state index is 12.2. The van der Waals surface area contributed by atoms with E-state index in [1.54, 1.807) is 0 Å². The average Bonchev–Trinajstić information content (AvgIpc) is 2.95. The van der Waals surface area contributed by atoms with Gasteiger partial charge in [-0.2, -0.15) is 0 Å². The Morgan fingerprint density at radius 1 is 1.28 bits per heavy atom. The van der Waals surface area contributed by atoms with Gasteiger partial charge in [0, 0.05) is 32.7 Å². The van der Waals surface area contributed by atoms with Crippen LogP contribution in [0, 0.1) is 6.92 Å². The first-order chi connectivity index (χ1) is 11.2. The lowest BCUT2D eigenvalue weighted by atomic mass is 10.1. The van der Waals surface area contributed by atoms with Crippen LogP contribution in [0.1, 0.15) is 27.9 Å². The zero-order valence-electron chi connectivity index (χ0n) is 14.2. The molecule has 2 aromatic rings. The van der Waals surface area contributed by atoms with Gasteiger partial charge in [0.05, 0.1) is 0 Å². The Balaban J connectivity index is 0.00000312. The second-order valence-corrected chi connectivity index (χ2v) is 7.67. The molecule has 25 heavy (non-hydrogen) atoms. The predicted molar refractivity (Wildman–Crippen MR) is 97.3 cm³/mol. The van der Waals surface area contributed by atoms with Crippen molar-refractivity contribution in [2.24, 2.45) is 5.73 Å². The van der Waals surface area contributed by atoms with Crippen molar-refractivity contribution in [2.75, 3.05) is 20.6 Å². The van der Waals surface area contributed by atoms with E-state index in [4.69, 9.17) is 10.2 Å². The molecule has 1 amide bonds. The van der Waals surface area contributed by atoms with E-state index in [2.05, 4.69) is 5.32 Å². The monoisotopic (exact) mass is 387 g/mol. The number of nitrogens with two attached hydrogens (primary N) is 1. The van der Waals surface area contributed by atoms with Crippen LogP contribution in [-0.2, 0) is 10.0 Å². The van der Waals surface area contributed by atoms with Gasteiger partial charge in [0.15, 0.2) is 5.76 Å². The molecule has 1 atom stereocenters. The van der Waals surface area contributed by atoms with Crippen LogP contribution >= 0.6 is 12.4 Å². The number of nitrogens with zero attached hydrogens (tertiary/aromatic N) is 1. The third kappa shape index (κ3) is 4.82. The molecule has 7 nitrogen and oxygen atoms in total. The van der Waals surface area contributed by atoms with Crippen LogP contribution in [0.5, 0.6) is 0 Å². The number of carbonyl (C=O) groups excluding carboxylic acids is 1. The summed E-state index contributed by atoms with van der Waals surface area (Å²) < 4.78 is 30.7. The zero-order chi connectivity index (χ0) is 17.9. The molecule has 1 heterocycles. The summed E-state index contributed by atoms with van der Waals surface area (Å²) in [6, 6.07) is 10.2. The van der Waals surface area contributed by atoms with Crippen LogP contribution in [0.4, 0.5) is 0 Å². The summed E-state index contributed by atoms with van der Waals surface area (Å²) >= 11 is 0. The van der Waals surface area contributed by atoms with Gasteiger partial charge in [-0.3, -0.25) is 4.79 Å². The van der Waals surface area contributed by atoms with E-state index in [0.29, 0.717) is 0 Å². The highest BCUT2D eigenvalue weighted by molar-refractivity contribution is 7.89. The fourth-order valence-corrected chi connectivity index (χ4v) is 3.19. The van der Waals surface area contributed by atoms with E-state index < -0.39 is 15.9 Å². The zero-order valence-corrected chi connectivity index (χ0v) is 15.9. The smallest absolute Gasteiger partial charge is 0.287 e. The van der Waals surface area contributed by atoms with Crippen molar-refractivity contribution >= 4 is 28.3 Å². The number of furan rings is 1. The maximum Gasteiger partial charge on any atom is 0.287 e. The van der Waals surface area contributed by atoms with E-state index in [1.807, 2.05) is 30.3 Å². The second-order valence-electron chi connectivity index (χ2n) is 5.55. The van der Waals surface area contributed by atoms with Crippen LogP contribution in [0.2, 0.25) is 0 Å². The fraction of sp³-hybridized carbons (Fsp3) is 0.312. The number of nitrogens with one attached hydrogen (secondary N) is 1. The van der Waals surface area contributed by atoms with Gasteiger partial charge in [0.2, 0.25) is 10.0 Å². The Kier molecular flexibility index (Phi) is 7.18. The number of hydrogen-bond acceptors (Lipinski definition) is 5. The minimum absolute atomic E-state index is 0. The molecule has 1 aromatic heterocycles. The lowest BCUT2D eigenvalue weighted by Crippen LogP contribution is -2.31. The van der Waals surface area contributed by atoms with Gasteiger partial charge < -0.3 is 15.5 Å². The first-order valence-corrected chi connectivity index (χ1v) is 8.79. The van der Waals surface area contributed by atoms with Crippen molar-refractivity contribution in [1.29, 1.82) is 0 Å². The second kappa shape index (κ2) is 8.48. The summed E-state index contributed by atoms with van der Waals surface area (Å²) in [5.41, 5.74) is 6.91. The molecule has 0 aliphatic heterocycles. The van der Waals surface area contributed by atoms with E-state index in [1.165, 1.54) is 27.1 Å². The summed E-state index contributed by atoms with van der Waals surface area (Å²) in [7, 11) is -0.825. The van der Waals surface area contributed by atoms with E-state index in [0.717, 1.165) is 9.87 Å². The molecular formula is C16H22ClN3O4S. The molecule has 3 N–H and O–H groups in total. The number of aryl methyl sites for hydroxylation is 1. The van der Waals surface area contributed by atoms with Crippen molar-refractivity contribution in [1.82, 2.24) is 9.62 Å². The molecule has 0 fully saturated rings. The van der Waals surface area contributed by atoms with Gasteiger partial charge in [0.25, 0.3) is 5.91 Å². The standard InChI is InChI=1S/C16H21N3O4S.ClH/c1-11-15(24(21,22)19(2)3)9-14(23-11)16(20)18-10-13(17)12-7-5-4-6-8-12;/h4-9,13H,10,17H2,1-3H3,(H,18,20);1H. The van der Waals surface area contributed by atoms with Crippen LogP contribution in [0.25, 0.3) is 0 Å². The molecule has 1 aromatic carbocycles. The van der Waals surface area contributed by atoms with Gasteiger partial charge in [-0.1, -0.05) is 30.3 Å². The normalized spacial score (nSPS) is 12.5. The third-order valence-corrected chi connectivity index (χ3v) is 5.49. The number of rotatable bonds is 6. The topological polar surface area (TPSA) is 106 Å². The number of sulfonamides is 1. The Morgan fingerprint density at radius 3 is 2.44 bits per heavy atom. The van der Waals surface area contributed by atoms with E-state index >= 15 is 0 Å². The number of benzene rings is 1. The molecule has 9 heteroatoms. The van der Waals surface area contributed by atoms with E-state index in [-0.39, 0.29) is 41.4 Å². The van der Waals surface area contributed by atoms with E-state index in [9.17, 15) is 13.2 Å². The summed E-state index contributed by atoms with van der Waals surface area (Å²) in [4.78, 5) is 12.2. The molecule has 0 aliphatic rings. The first kappa shape index (κ1) is 21.2. The fourth-order valence-electron chi connectivity index (χ4n) is 2.14. The van der Waals surface area contributed by atoms with Crippen molar-refractivity contribution in [2.45, 2.75) is 17.9 Å². The SMILES string of the molecule is Cc1oc(C(=O)NCC(N)c2ccccc2)cc1S(=O)(=O)N(C)C.Cl. The van der Waals surface area contributed by atoms with Gasteiger partial charge in [-0.15, -0.1) is 12.4 Å². The molecule has 1 unspecified atom stereocenters. The molecule has 138 valence electrons. The molecular weight excluding hydrogens is 366 g/mol. The highest BCUT2D eigenvalue weighted by Crippen LogP contribution is 2.22. The quantitative estimate of drug-likeness (QED) is 0.784. The van der Waals surface area contributed by atoms with Gasteiger partial charge in [-0.05, 0) is 12.5 Å². The Hall–Kier alpha value is -1.87. The van der Waals surface area contributed by atoms with Crippen molar-refractivity contribution < 1.29 is 17.6 Å². The summed E-state index contributed by atoms with van der Waals surface area (Å²) in [6.07, 6.45) is 0. The molecule has 0 aliphatic carbocycles. The average molecular weight is 388 g/mol. The minimum atomic E-state index is -3.66. The highest BCUT2D eigenvalue weighted by atomic mass is 35.5. The van der Waals surface area contributed by atoms with Crippen LogP contribution < -0.4 is 11.1 Å². The predicted octanol–water partition coefficient (Wildman–Crippen LogP) is 1.69. The van der Waals surface area contributed by atoms with Gasteiger partial charge in [0.1, 0.15) is 10.7 Å². The molecule has 0 saturated heterocycles. The first-order valence-electron chi connectivity index (χ1n) is 7.35. The Bertz CT molecular complexity index is 819. The minimum Gasteiger partial charge on any atom is -0.455 e. The molecule has 0 bridgehead atoms. The van der Waals surface area contributed by atoms with Crippen LogP contribution in [-0.4, -0.2) is 39.3 Å². The largest absolute Gasteiger partial charge is 0.455 e. The summed E-state index contributed by atoms with van der Waals surface area (Å²) in [5, 5.41) is 2.65. The van der Waals surface area contributed by atoms with Crippen molar-refractivity contribution in [3.05, 3.63) is 53.5 Å². The molecule has 0 radical (unpaired) electrons. The third-order valence-electron chi connectivity index (χ3n) is 3.56. The lowest BCUT2D eigenvalue weighted by molar-refractivity contribution is 0.0922. The van der Waals surface area contributed by atoms with Crippen LogP contribution in [0.3, 0.4) is 0 Å². The number of carbonyl (C=O) groups is 1. The number of hydrogen-bond donors (Lipinski definition) is 2. The van der Waals surface area contributed by atoms with Crippen LogP contribution in [0.15, 0.2) is 45.7 Å². The maximum absolute atomic E-state index is 12.2. The van der Waals surface area contributed by atoms with Crippen molar-refractivity contribution in [3.8, 4) is 0 Å². The Labute approximate surface area is 153 Å². The lowest BCUT2D eigenvalue weighted by Gasteiger charge is -2.12. The number of halogens is 1. The molecule has 0 saturated carbocycles. The van der Waals surface area contributed by atoms with Crippen molar-refractivity contribution in [3.63, 3.8) is 0 Å². The summed E-state index contributed by atoms with van der Waals surface area (Å²) in [5.74, 6) is -0.404. The molecule has 0 spiro atoms. The summed E-state index contributed by atoms with van der Waals surface area (Å²) in [6.45, 7) is 1.71. The van der Waals surface area contributed by atoms with Gasteiger partial charge >= 0.3 is 0 Å². The molecule has 2 rings (SSSR count). The number of amides is 1. The van der Waals surface area contributed by atoms with Gasteiger partial charge in [-0.25, -0.2) is 12.7 Å².